The van der Waals surface area contributed by atoms with Gasteiger partial charge in [-0.25, -0.2) is 4.98 Å². The van der Waals surface area contributed by atoms with E-state index in [9.17, 15) is 4.79 Å². The average Bonchev–Trinajstić information content (AvgIpc) is 3.26. The van der Waals surface area contributed by atoms with Crippen LogP contribution >= 0.6 is 0 Å². The Labute approximate surface area is 228 Å². The van der Waals surface area contributed by atoms with Crippen molar-refractivity contribution in [3.8, 4) is 17.3 Å². The average molecular weight is 510 g/mol. The van der Waals surface area contributed by atoms with E-state index in [1.165, 1.54) is 24.0 Å². The van der Waals surface area contributed by atoms with Crippen LogP contribution in [0.5, 0.6) is 0 Å². The van der Waals surface area contributed by atoms with Gasteiger partial charge in [-0.05, 0) is 87.1 Å². The zero-order chi connectivity index (χ0) is 27.1. The number of imidazole rings is 1. The Morgan fingerprint density at radius 2 is 1.79 bits per heavy atom. The lowest BCUT2D eigenvalue weighted by Crippen LogP contribution is -2.18. The van der Waals surface area contributed by atoms with Gasteiger partial charge in [0, 0.05) is 23.5 Å². The topological polar surface area (TPSA) is 69.5 Å². The molecule has 200 valence electrons. The molecule has 1 heterocycles. The number of hydrogen-bond donors (Lipinski definition) is 1. The monoisotopic (exact) mass is 509 g/mol. The molecule has 4 rings (SSSR count). The molecule has 3 aromatic rings. The fourth-order valence-corrected chi connectivity index (χ4v) is 5.92. The van der Waals surface area contributed by atoms with Crippen LogP contribution in [0.4, 0.5) is 0 Å². The second-order valence-corrected chi connectivity index (χ2v) is 11.7. The van der Waals surface area contributed by atoms with Crippen LogP contribution in [-0.2, 0) is 6.42 Å². The number of aromatic nitrogens is 2. The summed E-state index contributed by atoms with van der Waals surface area (Å²) in [5.41, 5.74) is 7.13. The Kier molecular flexibility index (Phi) is 9.56. The minimum Gasteiger partial charge on any atom is -0.342 e. The molecular weight excluding hydrogens is 466 g/mol. The van der Waals surface area contributed by atoms with E-state index >= 15 is 0 Å². The van der Waals surface area contributed by atoms with Crippen molar-refractivity contribution in [3.63, 3.8) is 0 Å². The van der Waals surface area contributed by atoms with Crippen molar-refractivity contribution in [2.24, 2.45) is 11.8 Å². The molecule has 2 atom stereocenters. The standard InChI is InChI=1S/C34H43N3O/c1-23(2)9-5-8-12-32-36-25(4)33(37-32)31-21-30(16-13-24(31)3)34(38)29-11-7-6-10-27(19-20-29)28-17-14-26(22-35)15-18-28/h13-18,21,23,27,29H,5-12,19-20H2,1-4H3,(H,36,37). The van der Waals surface area contributed by atoms with E-state index in [1.54, 1.807) is 0 Å². The van der Waals surface area contributed by atoms with E-state index in [0.29, 0.717) is 11.5 Å². The summed E-state index contributed by atoms with van der Waals surface area (Å²) in [5.74, 6) is 2.58. The summed E-state index contributed by atoms with van der Waals surface area (Å²) in [6.07, 6.45) is 10.9. The summed E-state index contributed by atoms with van der Waals surface area (Å²) in [4.78, 5) is 22.1. The number of rotatable bonds is 9. The maximum Gasteiger partial charge on any atom is 0.165 e. The molecule has 0 saturated heterocycles. The number of aromatic amines is 1. The highest BCUT2D eigenvalue weighted by molar-refractivity contribution is 5.99. The molecule has 1 N–H and O–H groups in total. The summed E-state index contributed by atoms with van der Waals surface area (Å²) >= 11 is 0. The Morgan fingerprint density at radius 1 is 1.03 bits per heavy atom. The Morgan fingerprint density at radius 3 is 2.53 bits per heavy atom. The second-order valence-electron chi connectivity index (χ2n) is 11.7. The number of aryl methyl sites for hydroxylation is 3. The quantitative estimate of drug-likeness (QED) is 0.231. The van der Waals surface area contributed by atoms with Gasteiger partial charge in [0.25, 0.3) is 0 Å². The summed E-state index contributed by atoms with van der Waals surface area (Å²) in [6, 6.07) is 16.4. The highest BCUT2D eigenvalue weighted by Gasteiger charge is 2.25. The van der Waals surface area contributed by atoms with Crippen LogP contribution in [0.3, 0.4) is 0 Å². The summed E-state index contributed by atoms with van der Waals surface area (Å²) < 4.78 is 0. The number of unbranched alkanes of at least 4 members (excludes halogenated alkanes) is 1. The number of Topliss-reactive ketones (excluding diaryl/α,β-unsaturated/α-hetero) is 1. The van der Waals surface area contributed by atoms with Crippen molar-refractivity contribution in [1.29, 1.82) is 5.26 Å². The van der Waals surface area contributed by atoms with Gasteiger partial charge in [0.2, 0.25) is 0 Å². The van der Waals surface area contributed by atoms with Crippen molar-refractivity contribution >= 4 is 5.78 Å². The van der Waals surface area contributed by atoms with Gasteiger partial charge in [0.1, 0.15) is 5.82 Å². The van der Waals surface area contributed by atoms with Crippen LogP contribution in [0, 0.1) is 37.0 Å². The first kappa shape index (κ1) is 27.8. The van der Waals surface area contributed by atoms with Gasteiger partial charge in [0.15, 0.2) is 5.78 Å². The van der Waals surface area contributed by atoms with E-state index < -0.39 is 0 Å². The molecule has 2 unspecified atom stereocenters. The summed E-state index contributed by atoms with van der Waals surface area (Å²) in [5, 5.41) is 9.12. The van der Waals surface area contributed by atoms with E-state index in [4.69, 9.17) is 10.2 Å². The molecular formula is C34H43N3O. The molecule has 1 saturated carbocycles. The second kappa shape index (κ2) is 13.1. The van der Waals surface area contributed by atoms with Crippen LogP contribution in [0.1, 0.15) is 116 Å². The zero-order valence-corrected chi connectivity index (χ0v) is 23.6. The van der Waals surface area contributed by atoms with Crippen LogP contribution in [-0.4, -0.2) is 15.8 Å². The predicted molar refractivity (Wildman–Crippen MR) is 155 cm³/mol. The van der Waals surface area contributed by atoms with E-state index in [0.717, 1.165) is 85.6 Å². The number of nitrogens with one attached hydrogen (secondary N) is 1. The van der Waals surface area contributed by atoms with Gasteiger partial charge in [-0.3, -0.25) is 4.79 Å². The highest BCUT2D eigenvalue weighted by Crippen LogP contribution is 2.35. The van der Waals surface area contributed by atoms with Crippen LogP contribution in [0.15, 0.2) is 42.5 Å². The van der Waals surface area contributed by atoms with E-state index in [2.05, 4.69) is 63.0 Å². The summed E-state index contributed by atoms with van der Waals surface area (Å²) in [7, 11) is 0. The van der Waals surface area contributed by atoms with Crippen LogP contribution in [0.2, 0.25) is 0 Å². The molecule has 1 aliphatic carbocycles. The largest absolute Gasteiger partial charge is 0.342 e. The minimum absolute atomic E-state index is 0.0612. The smallest absolute Gasteiger partial charge is 0.165 e. The van der Waals surface area contributed by atoms with Crippen LogP contribution < -0.4 is 0 Å². The van der Waals surface area contributed by atoms with E-state index in [1.807, 2.05) is 18.2 Å². The number of benzene rings is 2. The molecule has 0 aliphatic heterocycles. The first-order valence-corrected chi connectivity index (χ1v) is 14.6. The third-order valence-electron chi connectivity index (χ3n) is 8.27. The minimum atomic E-state index is 0.0612. The number of nitriles is 1. The fraction of sp³-hybridized carbons (Fsp3) is 0.500. The van der Waals surface area contributed by atoms with E-state index in [-0.39, 0.29) is 11.7 Å². The lowest BCUT2D eigenvalue weighted by Gasteiger charge is -2.25. The lowest BCUT2D eigenvalue weighted by molar-refractivity contribution is 0.0896. The maximum absolute atomic E-state index is 13.7. The Balaban J connectivity index is 1.46. The van der Waals surface area contributed by atoms with Gasteiger partial charge in [0.05, 0.1) is 23.0 Å². The number of hydrogen-bond acceptors (Lipinski definition) is 3. The molecule has 4 heteroatoms. The molecule has 1 aromatic heterocycles. The van der Waals surface area contributed by atoms with Gasteiger partial charge >= 0.3 is 0 Å². The lowest BCUT2D eigenvalue weighted by atomic mass is 9.79. The Bertz CT molecular complexity index is 1260. The number of nitrogens with zero attached hydrogens (tertiary/aromatic N) is 2. The van der Waals surface area contributed by atoms with Gasteiger partial charge in [-0.15, -0.1) is 0 Å². The fourth-order valence-electron chi connectivity index (χ4n) is 5.92. The Hall–Kier alpha value is -3.19. The number of ketones is 1. The first-order chi connectivity index (χ1) is 18.4. The van der Waals surface area contributed by atoms with Crippen molar-refractivity contribution in [2.75, 3.05) is 0 Å². The normalized spacial score (nSPS) is 18.1. The molecule has 0 radical (unpaired) electrons. The number of carbonyl (C=O) groups is 1. The van der Waals surface area contributed by atoms with Crippen molar-refractivity contribution in [1.82, 2.24) is 9.97 Å². The van der Waals surface area contributed by atoms with Gasteiger partial charge in [-0.2, -0.15) is 5.26 Å². The maximum atomic E-state index is 13.7. The molecule has 1 fully saturated rings. The SMILES string of the molecule is Cc1ccc(C(=O)C2CCCCC(c3ccc(C#N)cc3)CC2)cc1-c1[nH]c(CCCCC(C)C)nc1C. The van der Waals surface area contributed by atoms with Gasteiger partial charge in [-0.1, -0.05) is 63.8 Å². The number of H-pyrrole nitrogens is 1. The first-order valence-electron chi connectivity index (χ1n) is 14.6. The molecule has 2 aromatic carbocycles. The third-order valence-corrected chi connectivity index (χ3v) is 8.27. The highest BCUT2D eigenvalue weighted by atomic mass is 16.1. The molecule has 38 heavy (non-hydrogen) atoms. The zero-order valence-electron chi connectivity index (χ0n) is 23.6. The third kappa shape index (κ3) is 7.01. The molecule has 0 spiro atoms. The predicted octanol–water partition coefficient (Wildman–Crippen LogP) is 8.87. The summed E-state index contributed by atoms with van der Waals surface area (Å²) in [6.45, 7) is 8.73. The molecule has 4 nitrogen and oxygen atoms in total. The van der Waals surface area contributed by atoms with Gasteiger partial charge < -0.3 is 4.98 Å². The van der Waals surface area contributed by atoms with Crippen molar-refractivity contribution < 1.29 is 4.79 Å². The molecule has 0 amide bonds. The molecule has 1 aliphatic rings. The van der Waals surface area contributed by atoms with Crippen molar-refractivity contribution in [2.45, 2.75) is 97.8 Å². The van der Waals surface area contributed by atoms with Crippen LogP contribution in [0.25, 0.3) is 11.3 Å². The molecule has 0 bridgehead atoms. The number of carbonyl (C=O) groups excluding carboxylic acids is 1. The van der Waals surface area contributed by atoms with Crippen molar-refractivity contribution in [3.05, 3.63) is 76.2 Å².